The molecule has 10 heteroatoms. The summed E-state index contributed by atoms with van der Waals surface area (Å²) in [6, 6.07) is 5.86. The van der Waals surface area contributed by atoms with Gasteiger partial charge in [-0.1, -0.05) is 64.2 Å². The molecule has 2 aromatic rings. The van der Waals surface area contributed by atoms with E-state index in [9.17, 15) is 20.4 Å². The van der Waals surface area contributed by atoms with Gasteiger partial charge >= 0.3 is 0 Å². The Kier molecular flexibility index (Phi) is 19.1. The summed E-state index contributed by atoms with van der Waals surface area (Å²) in [6.07, 6.45) is 15.2. The highest BCUT2D eigenvalue weighted by Gasteiger charge is 2.13. The Bertz CT molecular complexity index is 1010. The normalized spacial score (nSPS) is 19.3. The van der Waals surface area contributed by atoms with Crippen LogP contribution < -0.4 is 9.47 Å². The van der Waals surface area contributed by atoms with Gasteiger partial charge in [-0.05, 0) is 25.7 Å². The number of rotatable bonds is 0. The second-order valence-corrected chi connectivity index (χ2v) is 11.8. The van der Waals surface area contributed by atoms with Crippen LogP contribution in [0.2, 0.25) is 0 Å². The number of phenols is 4. The van der Waals surface area contributed by atoms with Crippen LogP contribution in [0.5, 0.6) is 34.5 Å². The number of benzene rings is 2. The third-order valence-electron chi connectivity index (χ3n) is 8.03. The van der Waals surface area contributed by atoms with Crippen molar-refractivity contribution < 1.29 is 48.8 Å². The maximum atomic E-state index is 10.4. The van der Waals surface area contributed by atoms with Crippen molar-refractivity contribution >= 4 is 0 Å². The van der Waals surface area contributed by atoms with Crippen LogP contribution in [0.3, 0.4) is 0 Å². The summed E-state index contributed by atoms with van der Waals surface area (Å²) >= 11 is 0. The predicted molar refractivity (Wildman–Crippen MR) is 177 cm³/mol. The van der Waals surface area contributed by atoms with Crippen LogP contribution in [0.1, 0.15) is 88.2 Å². The Morgan fingerprint density at radius 3 is 0.957 bits per heavy atom. The second kappa shape index (κ2) is 23.4. The van der Waals surface area contributed by atoms with Gasteiger partial charge in [0.25, 0.3) is 0 Å². The van der Waals surface area contributed by atoms with Crippen LogP contribution in [0, 0.1) is 0 Å². The van der Waals surface area contributed by atoms with Crippen LogP contribution >= 0.6 is 0 Å². The van der Waals surface area contributed by atoms with Crippen LogP contribution in [-0.4, -0.2) is 86.5 Å². The van der Waals surface area contributed by atoms with Gasteiger partial charge in [0.15, 0.2) is 0 Å². The van der Waals surface area contributed by atoms with Gasteiger partial charge in [0.05, 0.1) is 52.9 Å². The van der Waals surface area contributed by atoms with Crippen LogP contribution in [-0.2, 0) is 31.8 Å². The lowest BCUT2D eigenvalue weighted by Crippen LogP contribution is -2.15. The van der Waals surface area contributed by atoms with Crippen molar-refractivity contribution in [2.24, 2.45) is 0 Å². The van der Waals surface area contributed by atoms with Gasteiger partial charge in [-0.3, -0.25) is 0 Å². The first kappa shape index (κ1) is 37.5. The summed E-state index contributed by atoms with van der Waals surface area (Å²) in [6.45, 7) is 3.94. The molecule has 1 aliphatic heterocycles. The second-order valence-electron chi connectivity index (χ2n) is 11.8. The van der Waals surface area contributed by atoms with Crippen LogP contribution in [0.15, 0.2) is 24.3 Å². The number of fused-ring (bicyclic) bond motifs is 2. The van der Waals surface area contributed by atoms with Gasteiger partial charge in [0, 0.05) is 35.4 Å². The lowest BCUT2D eigenvalue weighted by Gasteiger charge is -2.14. The Balaban J connectivity index is 1.41. The van der Waals surface area contributed by atoms with E-state index in [4.69, 9.17) is 28.4 Å². The van der Waals surface area contributed by atoms with Gasteiger partial charge in [-0.25, -0.2) is 0 Å². The SMILES string of the molecule is Oc1cc(O)c2c(c1)OCCOCCOCCOCCOCCOc1cc(O)cc(O)c1CCCCCCCCCCCCCC2. The third-order valence-corrected chi connectivity index (χ3v) is 8.03. The number of hydrogen-bond acceptors (Lipinski definition) is 10. The minimum atomic E-state index is -0.0181. The molecule has 1 aliphatic rings. The van der Waals surface area contributed by atoms with Crippen molar-refractivity contribution in [1.29, 1.82) is 0 Å². The third kappa shape index (κ3) is 15.6. The molecule has 0 atom stereocenters. The van der Waals surface area contributed by atoms with Crippen molar-refractivity contribution in [2.45, 2.75) is 89.9 Å². The van der Waals surface area contributed by atoms with Gasteiger partial charge in [0.2, 0.25) is 0 Å². The van der Waals surface area contributed by atoms with E-state index < -0.39 is 0 Å². The molecule has 0 aromatic heterocycles. The molecule has 0 amide bonds. The zero-order chi connectivity index (χ0) is 32.7. The van der Waals surface area contributed by atoms with Gasteiger partial charge in [-0.2, -0.15) is 0 Å². The molecule has 3 rings (SSSR count). The molecule has 0 saturated heterocycles. The standard InChI is InChI=1S/C36H56O10/c37-29-25-33(39)31-13-11-9-7-5-3-1-2-4-6-8-10-12-14-32-34(40)26-30(38)28-36(32)46-24-22-44-20-18-42-16-15-41-17-19-43-21-23-45-35(31)27-29/h25-28,37-40H,1-24H2. The highest BCUT2D eigenvalue weighted by Crippen LogP contribution is 2.35. The molecule has 0 aliphatic carbocycles. The molecular weight excluding hydrogens is 592 g/mol. The molecule has 260 valence electrons. The molecule has 4 N–H and O–H groups in total. The van der Waals surface area contributed by atoms with Crippen molar-refractivity contribution in [1.82, 2.24) is 0 Å². The van der Waals surface area contributed by atoms with Crippen LogP contribution in [0.4, 0.5) is 0 Å². The van der Waals surface area contributed by atoms with E-state index in [0.717, 1.165) is 36.8 Å². The topological polar surface area (TPSA) is 136 Å². The van der Waals surface area contributed by atoms with E-state index >= 15 is 0 Å². The molecular formula is C36H56O10. The first-order chi connectivity index (χ1) is 22.5. The number of phenolic OH excluding ortho intramolecular Hbond substituents is 4. The average Bonchev–Trinajstić information content (AvgIpc) is 3.02. The minimum Gasteiger partial charge on any atom is -0.508 e. The highest BCUT2D eigenvalue weighted by molar-refractivity contribution is 5.50. The molecule has 0 spiro atoms. The highest BCUT2D eigenvalue weighted by atomic mass is 16.6. The zero-order valence-corrected chi connectivity index (χ0v) is 27.5. The van der Waals surface area contributed by atoms with E-state index in [2.05, 4.69) is 0 Å². The predicted octanol–water partition coefficient (Wildman–Crippen LogP) is 6.81. The largest absolute Gasteiger partial charge is 0.508 e. The summed E-state index contributed by atoms with van der Waals surface area (Å²) in [5, 5.41) is 40.8. The molecule has 0 radical (unpaired) electrons. The van der Waals surface area contributed by atoms with E-state index in [0.29, 0.717) is 90.4 Å². The summed E-state index contributed by atoms with van der Waals surface area (Å²) in [7, 11) is 0. The molecule has 2 aromatic carbocycles. The average molecular weight is 649 g/mol. The molecule has 0 fully saturated rings. The summed E-state index contributed by atoms with van der Waals surface area (Å²) in [5.41, 5.74) is 1.47. The summed E-state index contributed by atoms with van der Waals surface area (Å²) in [5.74, 6) is 1.11. The lowest BCUT2D eigenvalue weighted by molar-refractivity contribution is -0.00705. The van der Waals surface area contributed by atoms with E-state index in [1.165, 1.54) is 63.5 Å². The molecule has 0 unspecified atom stereocenters. The molecule has 10 nitrogen and oxygen atoms in total. The van der Waals surface area contributed by atoms with E-state index in [-0.39, 0.29) is 23.0 Å². The smallest absolute Gasteiger partial charge is 0.129 e. The molecule has 0 saturated carbocycles. The van der Waals surface area contributed by atoms with Gasteiger partial charge in [-0.15, -0.1) is 0 Å². The molecule has 0 bridgehead atoms. The molecule has 1 heterocycles. The van der Waals surface area contributed by atoms with E-state index in [1.54, 1.807) is 12.1 Å². The fraction of sp³-hybridized carbons (Fsp3) is 0.667. The summed E-state index contributed by atoms with van der Waals surface area (Å²) < 4.78 is 34.0. The fourth-order valence-electron chi connectivity index (χ4n) is 5.55. The first-order valence-corrected chi connectivity index (χ1v) is 17.2. The maximum absolute atomic E-state index is 10.4. The Morgan fingerprint density at radius 2 is 0.630 bits per heavy atom. The monoisotopic (exact) mass is 648 g/mol. The van der Waals surface area contributed by atoms with Gasteiger partial charge < -0.3 is 48.8 Å². The zero-order valence-electron chi connectivity index (χ0n) is 27.5. The Hall–Kier alpha value is -2.92. The summed E-state index contributed by atoms with van der Waals surface area (Å²) in [4.78, 5) is 0. The lowest BCUT2D eigenvalue weighted by atomic mass is 10.0. The number of aromatic hydroxyl groups is 4. The first-order valence-electron chi connectivity index (χ1n) is 17.2. The van der Waals surface area contributed by atoms with Crippen LogP contribution in [0.25, 0.3) is 0 Å². The number of ether oxygens (including phenoxy) is 6. The van der Waals surface area contributed by atoms with Crippen molar-refractivity contribution in [3.8, 4) is 34.5 Å². The quantitative estimate of drug-likeness (QED) is 0.241. The van der Waals surface area contributed by atoms with Crippen molar-refractivity contribution in [2.75, 3.05) is 66.1 Å². The number of hydrogen-bond donors (Lipinski definition) is 4. The van der Waals surface area contributed by atoms with E-state index in [1.807, 2.05) is 0 Å². The Labute approximate surface area is 274 Å². The van der Waals surface area contributed by atoms with Crippen molar-refractivity contribution in [3.05, 3.63) is 35.4 Å². The Morgan fingerprint density at radius 1 is 0.348 bits per heavy atom. The maximum Gasteiger partial charge on any atom is 0.129 e. The fourth-order valence-corrected chi connectivity index (χ4v) is 5.55. The van der Waals surface area contributed by atoms with Gasteiger partial charge in [0.1, 0.15) is 47.7 Å². The minimum absolute atomic E-state index is 0.0181. The molecule has 46 heavy (non-hydrogen) atoms. The van der Waals surface area contributed by atoms with Crippen molar-refractivity contribution in [3.63, 3.8) is 0 Å².